The van der Waals surface area contributed by atoms with Crippen LogP contribution in [0.15, 0.2) is 48.5 Å². The summed E-state index contributed by atoms with van der Waals surface area (Å²) in [6.07, 6.45) is 1.28. The number of carbonyl (C=O) groups is 2. The SMILES string of the molecule is CC(C)c1ccccc1NC(=O)[C@@H](C)OC(=O)c1ccc(OC[C@@H]2CCCO2)cc1. The monoisotopic (exact) mass is 411 g/mol. The summed E-state index contributed by atoms with van der Waals surface area (Å²) in [6, 6.07) is 14.3. The van der Waals surface area contributed by atoms with Gasteiger partial charge in [0.1, 0.15) is 12.4 Å². The lowest BCUT2D eigenvalue weighted by molar-refractivity contribution is -0.123. The number of esters is 1. The highest BCUT2D eigenvalue weighted by atomic mass is 16.5. The maximum atomic E-state index is 12.5. The highest BCUT2D eigenvalue weighted by molar-refractivity contribution is 5.97. The molecule has 160 valence electrons. The summed E-state index contributed by atoms with van der Waals surface area (Å²) in [7, 11) is 0. The second-order valence-electron chi connectivity index (χ2n) is 7.75. The molecule has 30 heavy (non-hydrogen) atoms. The maximum Gasteiger partial charge on any atom is 0.338 e. The Kier molecular flexibility index (Phi) is 7.46. The molecule has 1 aliphatic heterocycles. The zero-order valence-electron chi connectivity index (χ0n) is 17.7. The van der Waals surface area contributed by atoms with Crippen LogP contribution in [0.1, 0.15) is 55.5 Å². The molecule has 1 aliphatic rings. The van der Waals surface area contributed by atoms with E-state index < -0.39 is 12.1 Å². The smallest absolute Gasteiger partial charge is 0.338 e. The van der Waals surface area contributed by atoms with Crippen LogP contribution in [-0.4, -0.2) is 37.3 Å². The average Bonchev–Trinajstić information content (AvgIpc) is 3.26. The molecule has 0 aliphatic carbocycles. The summed E-state index contributed by atoms with van der Waals surface area (Å²) in [5, 5.41) is 2.85. The van der Waals surface area contributed by atoms with Gasteiger partial charge >= 0.3 is 5.97 Å². The number of benzene rings is 2. The van der Waals surface area contributed by atoms with Gasteiger partial charge in [-0.3, -0.25) is 4.79 Å². The van der Waals surface area contributed by atoms with Crippen molar-refractivity contribution in [3.63, 3.8) is 0 Å². The molecular formula is C24H29NO5. The molecule has 2 atom stereocenters. The van der Waals surface area contributed by atoms with Gasteiger partial charge in [-0.2, -0.15) is 0 Å². The Hall–Kier alpha value is -2.86. The third-order valence-electron chi connectivity index (χ3n) is 5.04. The Morgan fingerprint density at radius 1 is 1.10 bits per heavy atom. The number of nitrogens with one attached hydrogen (secondary N) is 1. The van der Waals surface area contributed by atoms with Crippen LogP contribution >= 0.6 is 0 Å². The number of carbonyl (C=O) groups excluding carboxylic acids is 2. The first-order valence-electron chi connectivity index (χ1n) is 10.4. The van der Waals surface area contributed by atoms with Crippen molar-refractivity contribution in [3.8, 4) is 5.75 Å². The van der Waals surface area contributed by atoms with Gasteiger partial charge in [-0.15, -0.1) is 0 Å². The van der Waals surface area contributed by atoms with E-state index in [1.54, 1.807) is 31.2 Å². The fourth-order valence-corrected chi connectivity index (χ4v) is 3.28. The largest absolute Gasteiger partial charge is 0.491 e. The molecule has 1 heterocycles. The maximum absolute atomic E-state index is 12.5. The molecule has 0 saturated carbocycles. The Morgan fingerprint density at radius 3 is 2.50 bits per heavy atom. The van der Waals surface area contributed by atoms with Crippen LogP contribution in [0.3, 0.4) is 0 Å². The molecule has 0 spiro atoms. The second-order valence-corrected chi connectivity index (χ2v) is 7.75. The van der Waals surface area contributed by atoms with Gasteiger partial charge in [0.15, 0.2) is 6.10 Å². The molecule has 1 amide bonds. The minimum atomic E-state index is -0.923. The molecule has 2 aromatic rings. The van der Waals surface area contributed by atoms with E-state index in [0.29, 0.717) is 17.9 Å². The fraction of sp³-hybridized carbons (Fsp3) is 0.417. The molecule has 2 aromatic carbocycles. The molecule has 0 radical (unpaired) electrons. The third-order valence-corrected chi connectivity index (χ3v) is 5.04. The number of hydrogen-bond acceptors (Lipinski definition) is 5. The molecule has 1 fully saturated rings. The van der Waals surface area contributed by atoms with Gasteiger partial charge in [0.05, 0.1) is 11.7 Å². The van der Waals surface area contributed by atoms with E-state index >= 15 is 0 Å². The summed E-state index contributed by atoms with van der Waals surface area (Å²) in [4.78, 5) is 24.9. The van der Waals surface area contributed by atoms with Crippen LogP contribution < -0.4 is 10.1 Å². The quantitative estimate of drug-likeness (QED) is 0.645. The molecular weight excluding hydrogens is 382 g/mol. The van der Waals surface area contributed by atoms with Crippen LogP contribution in [0.4, 0.5) is 5.69 Å². The number of hydrogen-bond donors (Lipinski definition) is 1. The third kappa shape index (κ3) is 5.83. The topological polar surface area (TPSA) is 73.9 Å². The number of anilines is 1. The summed E-state index contributed by atoms with van der Waals surface area (Å²) < 4.78 is 16.6. The number of ether oxygens (including phenoxy) is 3. The van der Waals surface area contributed by atoms with Gasteiger partial charge < -0.3 is 19.5 Å². The summed E-state index contributed by atoms with van der Waals surface area (Å²) >= 11 is 0. The molecule has 1 saturated heterocycles. The Labute approximate surface area is 177 Å². The minimum absolute atomic E-state index is 0.134. The predicted molar refractivity (Wildman–Crippen MR) is 115 cm³/mol. The zero-order chi connectivity index (χ0) is 21.5. The lowest BCUT2D eigenvalue weighted by Crippen LogP contribution is -2.30. The van der Waals surface area contributed by atoms with Gasteiger partial charge in [0, 0.05) is 12.3 Å². The summed E-state index contributed by atoms with van der Waals surface area (Å²) in [5.74, 6) is 0.00638. The highest BCUT2D eigenvalue weighted by Crippen LogP contribution is 2.24. The standard InChI is InChI=1S/C24H29NO5/c1-16(2)21-8-4-5-9-22(21)25-23(26)17(3)30-24(27)18-10-12-19(13-11-18)29-15-20-7-6-14-28-20/h4-5,8-13,16-17,20H,6-7,14-15H2,1-3H3,(H,25,26)/t17-,20+/m1/s1. The molecule has 3 rings (SSSR count). The van der Waals surface area contributed by atoms with Crippen LogP contribution in [0.25, 0.3) is 0 Å². The number of rotatable bonds is 8. The van der Waals surface area contributed by atoms with Crippen LogP contribution in [0.5, 0.6) is 5.75 Å². The first-order chi connectivity index (χ1) is 14.4. The fourth-order valence-electron chi connectivity index (χ4n) is 3.28. The molecule has 6 nitrogen and oxygen atoms in total. The first kappa shape index (κ1) is 21.8. The van der Waals surface area contributed by atoms with Crippen molar-refractivity contribution in [3.05, 3.63) is 59.7 Å². The molecule has 0 aromatic heterocycles. The molecule has 6 heteroatoms. The molecule has 0 bridgehead atoms. The highest BCUT2D eigenvalue weighted by Gasteiger charge is 2.21. The first-order valence-corrected chi connectivity index (χ1v) is 10.4. The lowest BCUT2D eigenvalue weighted by Gasteiger charge is -2.17. The van der Waals surface area contributed by atoms with Crippen molar-refractivity contribution in [2.45, 2.75) is 51.7 Å². The van der Waals surface area contributed by atoms with Crippen molar-refractivity contribution in [2.24, 2.45) is 0 Å². The minimum Gasteiger partial charge on any atom is -0.491 e. The predicted octanol–water partition coefficient (Wildman–Crippen LogP) is 4.55. The van der Waals surface area contributed by atoms with Crippen molar-refractivity contribution < 1.29 is 23.8 Å². The van der Waals surface area contributed by atoms with Crippen LogP contribution in [0, 0.1) is 0 Å². The number of amides is 1. The average molecular weight is 411 g/mol. The summed E-state index contributed by atoms with van der Waals surface area (Å²) in [5.41, 5.74) is 2.12. The van der Waals surface area contributed by atoms with E-state index in [2.05, 4.69) is 19.2 Å². The van der Waals surface area contributed by atoms with Gasteiger partial charge in [-0.1, -0.05) is 32.0 Å². The number of para-hydroxylation sites is 1. The second kappa shape index (κ2) is 10.3. The Morgan fingerprint density at radius 2 is 1.83 bits per heavy atom. The Bertz CT molecular complexity index is 856. The van der Waals surface area contributed by atoms with Gasteiger partial charge in [0.2, 0.25) is 0 Å². The lowest BCUT2D eigenvalue weighted by atomic mass is 10.0. The molecule has 0 unspecified atom stereocenters. The van der Waals surface area contributed by atoms with Gasteiger partial charge in [0.25, 0.3) is 5.91 Å². The van der Waals surface area contributed by atoms with Crippen LogP contribution in [-0.2, 0) is 14.3 Å². The van der Waals surface area contributed by atoms with Gasteiger partial charge in [-0.25, -0.2) is 4.79 Å². The van der Waals surface area contributed by atoms with E-state index in [0.717, 1.165) is 30.7 Å². The van der Waals surface area contributed by atoms with E-state index in [1.807, 2.05) is 24.3 Å². The van der Waals surface area contributed by atoms with Crippen molar-refractivity contribution in [1.29, 1.82) is 0 Å². The van der Waals surface area contributed by atoms with Gasteiger partial charge in [-0.05, 0) is 61.6 Å². The van der Waals surface area contributed by atoms with E-state index in [1.165, 1.54) is 0 Å². The molecule has 1 N–H and O–H groups in total. The Balaban J connectivity index is 1.52. The van der Waals surface area contributed by atoms with E-state index in [4.69, 9.17) is 14.2 Å². The summed E-state index contributed by atoms with van der Waals surface area (Å²) in [6.45, 7) is 6.96. The van der Waals surface area contributed by atoms with Crippen molar-refractivity contribution >= 4 is 17.6 Å². The van der Waals surface area contributed by atoms with E-state index in [-0.39, 0.29) is 17.9 Å². The van der Waals surface area contributed by atoms with E-state index in [9.17, 15) is 9.59 Å². The zero-order valence-corrected chi connectivity index (χ0v) is 17.7. The normalized spacial score (nSPS) is 16.9. The van der Waals surface area contributed by atoms with Crippen molar-refractivity contribution in [2.75, 3.05) is 18.5 Å². The van der Waals surface area contributed by atoms with Crippen molar-refractivity contribution in [1.82, 2.24) is 0 Å². The van der Waals surface area contributed by atoms with Crippen LogP contribution in [0.2, 0.25) is 0 Å².